The zero-order valence-electron chi connectivity index (χ0n) is 16.7. The molecule has 1 aliphatic rings. The summed E-state index contributed by atoms with van der Waals surface area (Å²) in [6.07, 6.45) is 3.47. The molecule has 0 N–H and O–H groups in total. The van der Waals surface area contributed by atoms with Crippen molar-refractivity contribution in [2.24, 2.45) is 4.99 Å². The zero-order chi connectivity index (χ0) is 22.5. The molecule has 0 aromatic heterocycles. The van der Waals surface area contributed by atoms with Gasteiger partial charge in [-0.3, -0.25) is 9.69 Å². The van der Waals surface area contributed by atoms with Crippen LogP contribution >= 0.6 is 43.6 Å². The van der Waals surface area contributed by atoms with Gasteiger partial charge in [0.25, 0.3) is 5.91 Å². The fourth-order valence-corrected chi connectivity index (χ4v) is 5.08. The molecule has 0 bridgehead atoms. The van der Waals surface area contributed by atoms with Crippen LogP contribution in [0.1, 0.15) is 15.9 Å². The van der Waals surface area contributed by atoms with Crippen LogP contribution in [0.15, 0.2) is 67.9 Å². The van der Waals surface area contributed by atoms with E-state index in [0.29, 0.717) is 33.7 Å². The maximum absolute atomic E-state index is 12.7. The van der Waals surface area contributed by atoms with Gasteiger partial charge in [0.1, 0.15) is 12.4 Å². The Kier molecular flexibility index (Phi) is 7.74. The van der Waals surface area contributed by atoms with Crippen molar-refractivity contribution >= 4 is 72.4 Å². The summed E-state index contributed by atoms with van der Waals surface area (Å²) in [6.45, 7) is 4.03. The van der Waals surface area contributed by atoms with Crippen molar-refractivity contribution in [3.63, 3.8) is 0 Å². The molecule has 3 rings (SSSR count). The number of hydrogen-bond donors (Lipinski definition) is 0. The van der Waals surface area contributed by atoms with Crippen LogP contribution in [-0.2, 0) is 9.53 Å². The molecule has 1 aliphatic heterocycles. The Labute approximate surface area is 201 Å². The highest BCUT2D eigenvalue weighted by atomic mass is 79.9. The smallest absolute Gasteiger partial charge is 0.337 e. The number of halogens is 2. The van der Waals surface area contributed by atoms with Crippen LogP contribution in [0.3, 0.4) is 0 Å². The quantitative estimate of drug-likeness (QED) is 0.252. The number of amidine groups is 1. The molecule has 1 heterocycles. The molecule has 0 unspecified atom stereocenters. The van der Waals surface area contributed by atoms with Gasteiger partial charge < -0.3 is 9.47 Å². The number of hydrogen-bond acceptors (Lipinski definition) is 6. The van der Waals surface area contributed by atoms with E-state index < -0.39 is 5.97 Å². The summed E-state index contributed by atoms with van der Waals surface area (Å²) in [7, 11) is 3.01. The zero-order valence-corrected chi connectivity index (χ0v) is 20.7. The Balaban J connectivity index is 1.84. The Morgan fingerprint density at radius 3 is 2.45 bits per heavy atom. The Morgan fingerprint density at radius 2 is 1.87 bits per heavy atom. The van der Waals surface area contributed by atoms with Crippen LogP contribution in [0.5, 0.6) is 5.75 Å². The van der Waals surface area contributed by atoms with Crippen LogP contribution in [0.4, 0.5) is 5.69 Å². The van der Waals surface area contributed by atoms with E-state index in [1.807, 2.05) is 12.1 Å². The van der Waals surface area contributed by atoms with E-state index in [0.717, 1.165) is 14.5 Å². The van der Waals surface area contributed by atoms with Gasteiger partial charge >= 0.3 is 5.97 Å². The summed E-state index contributed by atoms with van der Waals surface area (Å²) < 4.78 is 11.9. The molecule has 2 aromatic carbocycles. The molecule has 0 spiro atoms. The van der Waals surface area contributed by atoms with E-state index in [4.69, 9.17) is 9.47 Å². The lowest BCUT2D eigenvalue weighted by Gasteiger charge is -2.09. The molecule has 31 heavy (non-hydrogen) atoms. The van der Waals surface area contributed by atoms with Gasteiger partial charge in [-0.1, -0.05) is 12.7 Å². The Bertz CT molecular complexity index is 1070. The Hall–Kier alpha value is -2.36. The summed E-state index contributed by atoms with van der Waals surface area (Å²) in [6, 6.07) is 10.4. The highest BCUT2D eigenvalue weighted by Gasteiger charge is 2.30. The third-order valence-electron chi connectivity index (χ3n) is 4.18. The second-order valence-electron chi connectivity index (χ2n) is 6.32. The lowest BCUT2D eigenvalue weighted by Crippen LogP contribution is -2.23. The van der Waals surface area contributed by atoms with Gasteiger partial charge in [0.05, 0.1) is 32.2 Å². The first-order chi connectivity index (χ1) is 14.8. The van der Waals surface area contributed by atoms with E-state index in [1.165, 1.54) is 23.8 Å². The lowest BCUT2D eigenvalue weighted by atomic mass is 10.2. The van der Waals surface area contributed by atoms with Crippen molar-refractivity contribution in [2.75, 3.05) is 20.8 Å². The fourth-order valence-electron chi connectivity index (χ4n) is 2.65. The molecule has 9 heteroatoms. The van der Waals surface area contributed by atoms with Crippen LogP contribution < -0.4 is 4.74 Å². The second-order valence-corrected chi connectivity index (χ2v) is 9.04. The SMILES string of the molecule is C=CCOc1c(Br)cc(/C=C2\SC(=Nc3ccc(C(=O)OC)cc3)N(C)C2=O)cc1Br. The number of rotatable bonds is 6. The standard InChI is InChI=1S/C22H18Br2N2O4S/c1-4-9-30-19-16(23)10-13(11-17(19)24)12-18-20(27)26(2)22(31-18)25-15-7-5-14(6-8-15)21(28)29-3/h4-8,10-12H,1,9H2,2-3H3/b18-12-,25-22?. The van der Waals surface area contributed by atoms with Gasteiger partial charge in [0.15, 0.2) is 5.17 Å². The topological polar surface area (TPSA) is 68.2 Å². The maximum Gasteiger partial charge on any atom is 0.337 e. The van der Waals surface area contributed by atoms with Gasteiger partial charge in [-0.25, -0.2) is 9.79 Å². The Morgan fingerprint density at radius 1 is 1.23 bits per heavy atom. The number of amides is 1. The minimum Gasteiger partial charge on any atom is -0.487 e. The highest BCUT2D eigenvalue weighted by Crippen LogP contribution is 2.38. The molecular formula is C22H18Br2N2O4S. The largest absolute Gasteiger partial charge is 0.487 e. The molecule has 6 nitrogen and oxygen atoms in total. The predicted octanol–water partition coefficient (Wildman–Crippen LogP) is 5.80. The van der Waals surface area contributed by atoms with Crippen LogP contribution in [0.25, 0.3) is 6.08 Å². The summed E-state index contributed by atoms with van der Waals surface area (Å²) in [5.74, 6) is 0.113. The third-order valence-corrected chi connectivity index (χ3v) is 6.42. The first kappa shape index (κ1) is 23.3. The summed E-state index contributed by atoms with van der Waals surface area (Å²) >= 11 is 8.29. The van der Waals surface area contributed by atoms with E-state index in [1.54, 1.807) is 43.5 Å². The van der Waals surface area contributed by atoms with E-state index in [2.05, 4.69) is 43.4 Å². The van der Waals surface area contributed by atoms with Gasteiger partial charge in [0, 0.05) is 7.05 Å². The fraction of sp³-hybridized carbons (Fsp3) is 0.136. The average Bonchev–Trinajstić information content (AvgIpc) is 3.01. The summed E-state index contributed by atoms with van der Waals surface area (Å²) in [4.78, 5) is 30.8. The number of carbonyl (C=O) groups is 2. The summed E-state index contributed by atoms with van der Waals surface area (Å²) in [5.41, 5.74) is 1.90. The molecule has 1 fully saturated rings. The maximum atomic E-state index is 12.7. The lowest BCUT2D eigenvalue weighted by molar-refractivity contribution is -0.121. The van der Waals surface area contributed by atoms with Crippen molar-refractivity contribution in [1.82, 2.24) is 4.90 Å². The molecular weight excluding hydrogens is 548 g/mol. The first-order valence-electron chi connectivity index (χ1n) is 9.01. The minimum atomic E-state index is -0.412. The number of ether oxygens (including phenoxy) is 2. The van der Waals surface area contributed by atoms with E-state index in [9.17, 15) is 9.59 Å². The molecule has 1 saturated heterocycles. The number of benzene rings is 2. The van der Waals surface area contributed by atoms with Gasteiger partial charge in [-0.2, -0.15) is 0 Å². The van der Waals surface area contributed by atoms with Crippen LogP contribution in [-0.4, -0.2) is 42.7 Å². The van der Waals surface area contributed by atoms with E-state index >= 15 is 0 Å². The van der Waals surface area contributed by atoms with Gasteiger partial charge in [0.2, 0.25) is 0 Å². The molecule has 2 aromatic rings. The molecule has 0 atom stereocenters. The average molecular weight is 566 g/mol. The van der Waals surface area contributed by atoms with Gasteiger partial charge in [-0.05, 0) is 91.7 Å². The van der Waals surface area contributed by atoms with Crippen molar-refractivity contribution in [1.29, 1.82) is 0 Å². The van der Waals surface area contributed by atoms with Gasteiger partial charge in [-0.15, -0.1) is 0 Å². The number of thioether (sulfide) groups is 1. The predicted molar refractivity (Wildman–Crippen MR) is 131 cm³/mol. The normalized spacial score (nSPS) is 16.1. The third kappa shape index (κ3) is 5.47. The molecule has 0 radical (unpaired) electrons. The number of nitrogens with zero attached hydrogens (tertiary/aromatic N) is 2. The number of esters is 1. The second kappa shape index (κ2) is 10.3. The minimum absolute atomic E-state index is 0.144. The van der Waals surface area contributed by atoms with Crippen molar-refractivity contribution in [2.45, 2.75) is 0 Å². The number of aliphatic imine (C=N–C) groups is 1. The monoisotopic (exact) mass is 564 g/mol. The highest BCUT2D eigenvalue weighted by molar-refractivity contribution is 9.11. The molecule has 160 valence electrons. The summed E-state index contributed by atoms with van der Waals surface area (Å²) in [5, 5.41) is 0.547. The van der Waals surface area contributed by atoms with Crippen LogP contribution in [0, 0.1) is 0 Å². The van der Waals surface area contributed by atoms with Crippen LogP contribution in [0.2, 0.25) is 0 Å². The number of carbonyl (C=O) groups excluding carboxylic acids is 2. The molecule has 0 aliphatic carbocycles. The van der Waals surface area contributed by atoms with E-state index in [-0.39, 0.29) is 5.91 Å². The number of likely N-dealkylation sites (N-methyl/N-ethyl adjacent to an activating group) is 1. The van der Waals surface area contributed by atoms with Crippen molar-refractivity contribution < 1.29 is 19.1 Å². The molecule has 1 amide bonds. The van der Waals surface area contributed by atoms with Crippen molar-refractivity contribution in [3.8, 4) is 5.75 Å². The van der Waals surface area contributed by atoms with Crippen molar-refractivity contribution in [3.05, 3.63) is 74.0 Å². The first-order valence-corrected chi connectivity index (χ1v) is 11.4. The number of methoxy groups -OCH3 is 1. The molecule has 0 saturated carbocycles.